The maximum Gasteiger partial charge on any atom is 0.224 e. The van der Waals surface area contributed by atoms with Crippen LogP contribution in [-0.4, -0.2) is 48.3 Å². The van der Waals surface area contributed by atoms with Crippen molar-refractivity contribution in [2.24, 2.45) is 0 Å². The first kappa shape index (κ1) is 37.2. The number of benzene rings is 1. The lowest BCUT2D eigenvalue weighted by Gasteiger charge is -2.12. The zero-order valence-electron chi connectivity index (χ0n) is 23.1. The van der Waals surface area contributed by atoms with Crippen molar-refractivity contribution in [2.75, 3.05) is 20.1 Å². The first-order valence-electron chi connectivity index (χ1n) is 12.6. The molecule has 0 saturated carbocycles. The lowest BCUT2D eigenvalue weighted by atomic mass is 10.1. The molecular weight excluding hydrogens is 398 g/mol. The first-order chi connectivity index (χ1) is 15.6. The number of H-pyrrole nitrogens is 1. The molecule has 0 aliphatic carbocycles. The summed E-state index contributed by atoms with van der Waals surface area (Å²) in [6, 6.07) is 8.39. The summed E-state index contributed by atoms with van der Waals surface area (Å²) in [4.78, 5) is 26.3. The third kappa shape index (κ3) is 16.5. The third-order valence-corrected chi connectivity index (χ3v) is 3.78. The van der Waals surface area contributed by atoms with Crippen LogP contribution in [0.1, 0.15) is 88.1 Å². The zero-order chi connectivity index (χ0) is 25.9. The van der Waals surface area contributed by atoms with Crippen molar-refractivity contribution in [2.45, 2.75) is 95.0 Å². The van der Waals surface area contributed by atoms with Gasteiger partial charge in [-0.15, -0.1) is 0 Å². The first-order valence-corrected chi connectivity index (χ1v) is 12.6. The fraction of sp³-hybridized carbons (Fsp3) is 0.630. The van der Waals surface area contributed by atoms with Crippen molar-refractivity contribution >= 4 is 23.1 Å². The van der Waals surface area contributed by atoms with Crippen LogP contribution in [0.15, 0.2) is 30.5 Å². The largest absolute Gasteiger partial charge is 0.361 e. The number of aromatic nitrogens is 1. The molecule has 0 spiro atoms. The molecule has 188 valence electrons. The highest BCUT2D eigenvalue weighted by molar-refractivity contribution is 5.88. The minimum atomic E-state index is 0.116. The summed E-state index contributed by atoms with van der Waals surface area (Å²) in [7, 11) is 2.09. The van der Waals surface area contributed by atoms with E-state index in [1.54, 1.807) is 0 Å². The van der Waals surface area contributed by atoms with Gasteiger partial charge in [-0.05, 0) is 38.6 Å². The molecule has 1 fully saturated rings. The molecule has 1 saturated heterocycles. The molecule has 0 radical (unpaired) electrons. The van der Waals surface area contributed by atoms with Gasteiger partial charge in [-0.2, -0.15) is 0 Å². The Hall–Kier alpha value is -2.14. The molecular formula is C27H53N3O2. The maximum atomic E-state index is 12.1. The summed E-state index contributed by atoms with van der Waals surface area (Å²) < 4.78 is 0. The smallest absolute Gasteiger partial charge is 0.224 e. The zero-order valence-corrected chi connectivity index (χ0v) is 23.1. The Morgan fingerprint density at radius 2 is 1.53 bits per heavy atom. The van der Waals surface area contributed by atoms with Gasteiger partial charge in [-0.3, -0.25) is 4.79 Å². The summed E-state index contributed by atoms with van der Waals surface area (Å²) in [5.41, 5.74) is 2.16. The van der Waals surface area contributed by atoms with E-state index in [1.165, 1.54) is 6.92 Å². The van der Waals surface area contributed by atoms with Crippen LogP contribution in [0.25, 0.3) is 10.9 Å². The molecule has 1 amide bonds. The van der Waals surface area contributed by atoms with E-state index in [4.69, 9.17) is 4.79 Å². The van der Waals surface area contributed by atoms with Crippen molar-refractivity contribution in [3.63, 3.8) is 0 Å². The van der Waals surface area contributed by atoms with Crippen LogP contribution in [0.5, 0.6) is 0 Å². The number of carbonyl (C=O) groups is 2. The maximum absolute atomic E-state index is 12.1. The molecule has 0 unspecified atom stereocenters. The average Bonchev–Trinajstić information content (AvgIpc) is 3.47. The summed E-state index contributed by atoms with van der Waals surface area (Å²) >= 11 is 0. The van der Waals surface area contributed by atoms with Gasteiger partial charge in [0, 0.05) is 29.7 Å². The molecule has 32 heavy (non-hydrogen) atoms. The van der Waals surface area contributed by atoms with Gasteiger partial charge >= 0.3 is 0 Å². The highest BCUT2D eigenvalue weighted by atomic mass is 16.1. The van der Waals surface area contributed by atoms with Gasteiger partial charge in [0.25, 0.3) is 0 Å². The van der Waals surface area contributed by atoms with E-state index >= 15 is 0 Å². The van der Waals surface area contributed by atoms with Gasteiger partial charge in [0.2, 0.25) is 5.91 Å². The highest BCUT2D eigenvalue weighted by Crippen LogP contribution is 2.18. The SMILES string of the molecule is CC.CC.CC.CC.CC.CC=O.CN1CC[C@@H](NC(=O)Cc2c[nH]c3ccccc23)C1. The quantitative estimate of drug-likeness (QED) is 0.501. The van der Waals surface area contributed by atoms with Gasteiger partial charge < -0.3 is 20.0 Å². The predicted octanol–water partition coefficient (Wildman–Crippen LogP) is 6.87. The summed E-state index contributed by atoms with van der Waals surface area (Å²) in [5, 5.41) is 4.26. The number of hydrogen-bond acceptors (Lipinski definition) is 3. The van der Waals surface area contributed by atoms with Crippen molar-refractivity contribution in [1.29, 1.82) is 0 Å². The molecule has 1 aromatic carbocycles. The molecule has 1 aliphatic heterocycles. The lowest BCUT2D eigenvalue weighted by Crippen LogP contribution is -2.37. The monoisotopic (exact) mass is 451 g/mol. The lowest BCUT2D eigenvalue weighted by molar-refractivity contribution is -0.121. The van der Waals surface area contributed by atoms with E-state index in [-0.39, 0.29) is 5.91 Å². The van der Waals surface area contributed by atoms with E-state index in [0.29, 0.717) is 12.5 Å². The number of aldehydes is 1. The number of likely N-dealkylation sites (N-methyl/N-ethyl adjacent to an activating group) is 1. The van der Waals surface area contributed by atoms with Gasteiger partial charge in [-0.25, -0.2) is 0 Å². The molecule has 2 N–H and O–H groups in total. The number of hydrogen-bond donors (Lipinski definition) is 2. The van der Waals surface area contributed by atoms with Gasteiger partial charge in [0.15, 0.2) is 0 Å². The van der Waals surface area contributed by atoms with Crippen LogP contribution in [0.4, 0.5) is 0 Å². The Morgan fingerprint density at radius 1 is 1.03 bits per heavy atom. The minimum Gasteiger partial charge on any atom is -0.361 e. The van der Waals surface area contributed by atoms with Gasteiger partial charge in [-0.1, -0.05) is 87.4 Å². The van der Waals surface area contributed by atoms with E-state index in [1.807, 2.05) is 93.6 Å². The number of nitrogens with zero attached hydrogens (tertiary/aromatic N) is 1. The van der Waals surface area contributed by atoms with Gasteiger partial charge in [0.05, 0.1) is 6.42 Å². The number of para-hydroxylation sites is 1. The molecule has 2 heterocycles. The second-order valence-electron chi connectivity index (χ2n) is 5.59. The molecule has 0 bridgehead atoms. The highest BCUT2D eigenvalue weighted by Gasteiger charge is 2.21. The number of carbonyl (C=O) groups excluding carboxylic acids is 2. The Balaban J connectivity index is -0.000000259. The van der Waals surface area contributed by atoms with Crippen LogP contribution in [-0.2, 0) is 16.0 Å². The van der Waals surface area contributed by atoms with E-state index < -0.39 is 0 Å². The van der Waals surface area contributed by atoms with Crippen LogP contribution in [0.2, 0.25) is 0 Å². The number of rotatable bonds is 3. The van der Waals surface area contributed by atoms with Crippen molar-refractivity contribution < 1.29 is 9.59 Å². The van der Waals surface area contributed by atoms with Gasteiger partial charge in [0.1, 0.15) is 6.29 Å². The van der Waals surface area contributed by atoms with Crippen LogP contribution >= 0.6 is 0 Å². The fourth-order valence-electron chi connectivity index (χ4n) is 2.78. The van der Waals surface area contributed by atoms with E-state index in [2.05, 4.69) is 28.3 Å². The van der Waals surface area contributed by atoms with Crippen molar-refractivity contribution in [3.8, 4) is 0 Å². The summed E-state index contributed by atoms with van der Waals surface area (Å²) in [6.07, 6.45) is 4.19. The number of likely N-dealkylation sites (tertiary alicyclic amines) is 1. The normalized spacial score (nSPS) is 13.2. The molecule has 1 aliphatic rings. The molecule has 1 atom stereocenters. The number of amides is 1. The second kappa shape index (κ2) is 28.9. The van der Waals surface area contributed by atoms with Crippen LogP contribution < -0.4 is 5.32 Å². The Morgan fingerprint density at radius 3 is 2.00 bits per heavy atom. The van der Waals surface area contributed by atoms with E-state index in [0.717, 1.165) is 42.3 Å². The minimum absolute atomic E-state index is 0.116. The molecule has 2 aromatic rings. The predicted molar refractivity (Wildman–Crippen MR) is 145 cm³/mol. The average molecular weight is 452 g/mol. The Bertz CT molecular complexity index is 639. The van der Waals surface area contributed by atoms with Crippen LogP contribution in [0.3, 0.4) is 0 Å². The number of fused-ring (bicyclic) bond motifs is 1. The van der Waals surface area contributed by atoms with Crippen LogP contribution in [0, 0.1) is 0 Å². The molecule has 1 aromatic heterocycles. The van der Waals surface area contributed by atoms with E-state index in [9.17, 15) is 4.79 Å². The Labute approximate surface area is 199 Å². The topological polar surface area (TPSA) is 65.2 Å². The fourth-order valence-corrected chi connectivity index (χ4v) is 2.78. The van der Waals surface area contributed by atoms with Crippen molar-refractivity contribution in [3.05, 3.63) is 36.0 Å². The standard InChI is InChI=1S/C15H19N3O.C2H4O.5C2H6/c1-18-7-6-12(10-18)17-15(19)8-11-9-16-14-5-3-2-4-13(11)14;1-2-3;5*1-2/h2-5,9,12,16H,6-8,10H2,1H3,(H,17,19);2H,1H3;5*1-2H3/t12-;;;;;;/m1....../s1. The summed E-state index contributed by atoms with van der Waals surface area (Å²) in [5.74, 6) is 0.116. The number of nitrogens with one attached hydrogen (secondary N) is 2. The molecule has 5 nitrogen and oxygen atoms in total. The number of aromatic amines is 1. The second-order valence-corrected chi connectivity index (χ2v) is 5.59. The molecule has 5 heteroatoms. The Kier molecular flexibility index (Phi) is 33.5. The van der Waals surface area contributed by atoms with Crippen molar-refractivity contribution in [1.82, 2.24) is 15.2 Å². The summed E-state index contributed by atoms with van der Waals surface area (Å²) in [6.45, 7) is 23.5. The third-order valence-electron chi connectivity index (χ3n) is 3.78. The molecule has 3 rings (SSSR count).